The first-order valence-corrected chi connectivity index (χ1v) is 8.24. The van der Waals surface area contributed by atoms with E-state index in [0.29, 0.717) is 11.3 Å². The summed E-state index contributed by atoms with van der Waals surface area (Å²) in [5.41, 5.74) is 2.78. The first kappa shape index (κ1) is 15.7. The maximum atomic E-state index is 13.2. The second kappa shape index (κ2) is 5.09. The zero-order chi connectivity index (χ0) is 17.9. The Balaban J connectivity index is 2.01. The van der Waals surface area contributed by atoms with Gasteiger partial charge in [0.1, 0.15) is 5.75 Å². The normalized spacial score (nSPS) is 19.9. The third-order valence-electron chi connectivity index (χ3n) is 5.32. The second-order valence-corrected chi connectivity index (χ2v) is 7.21. The minimum absolute atomic E-state index is 0.0613. The van der Waals surface area contributed by atoms with E-state index in [-0.39, 0.29) is 22.9 Å². The SMILES string of the molecule is COc1cccc2c1N1C(=O)c3c(C(=O)O)cccc3[C@@H]1CC2(C)C. The number of benzene rings is 2. The average Bonchev–Trinajstić information content (AvgIpc) is 2.86. The number of fused-ring (bicyclic) bond motifs is 5. The standard InChI is InChI=1S/C20H19NO4/c1-20(2)10-14-11-6-4-7-12(19(23)24)16(11)18(22)21(14)17-13(20)8-5-9-15(17)25-3/h4-9,14H,10H2,1-3H3,(H,23,24)/t14-/m0/s1. The van der Waals surface area contributed by atoms with Crippen LogP contribution in [0.1, 0.15) is 58.2 Å². The molecule has 0 bridgehead atoms. The second-order valence-electron chi connectivity index (χ2n) is 7.21. The molecule has 0 spiro atoms. The third kappa shape index (κ3) is 2.02. The average molecular weight is 337 g/mol. The van der Waals surface area contributed by atoms with Gasteiger partial charge in [-0.05, 0) is 35.1 Å². The minimum atomic E-state index is -1.08. The van der Waals surface area contributed by atoms with Gasteiger partial charge in [-0.2, -0.15) is 0 Å². The molecule has 2 aliphatic heterocycles. The molecule has 1 amide bonds. The van der Waals surface area contributed by atoms with E-state index >= 15 is 0 Å². The lowest BCUT2D eigenvalue weighted by Gasteiger charge is -2.42. The number of carbonyl (C=O) groups excluding carboxylic acids is 1. The number of hydrogen-bond donors (Lipinski definition) is 1. The highest BCUT2D eigenvalue weighted by molar-refractivity contribution is 6.17. The molecule has 0 unspecified atom stereocenters. The minimum Gasteiger partial charge on any atom is -0.495 e. The number of anilines is 1. The molecule has 1 N–H and O–H groups in total. The van der Waals surface area contributed by atoms with E-state index < -0.39 is 5.97 Å². The van der Waals surface area contributed by atoms with E-state index in [1.807, 2.05) is 24.3 Å². The van der Waals surface area contributed by atoms with Gasteiger partial charge >= 0.3 is 5.97 Å². The summed E-state index contributed by atoms with van der Waals surface area (Å²) >= 11 is 0. The zero-order valence-electron chi connectivity index (χ0n) is 14.4. The summed E-state index contributed by atoms with van der Waals surface area (Å²) in [6.45, 7) is 4.29. The summed E-state index contributed by atoms with van der Waals surface area (Å²) < 4.78 is 5.53. The maximum absolute atomic E-state index is 13.2. The number of rotatable bonds is 2. The van der Waals surface area contributed by atoms with Crippen molar-refractivity contribution in [3.8, 4) is 5.75 Å². The Bertz CT molecular complexity index is 916. The Morgan fingerprint density at radius 2 is 1.96 bits per heavy atom. The first-order valence-electron chi connectivity index (χ1n) is 8.24. The molecule has 4 rings (SSSR count). The third-order valence-corrected chi connectivity index (χ3v) is 5.32. The summed E-state index contributed by atoms with van der Waals surface area (Å²) in [4.78, 5) is 26.5. The van der Waals surface area contributed by atoms with E-state index in [0.717, 1.165) is 23.2 Å². The van der Waals surface area contributed by atoms with E-state index in [2.05, 4.69) is 13.8 Å². The molecule has 2 aliphatic rings. The van der Waals surface area contributed by atoms with Gasteiger partial charge in [0.15, 0.2) is 0 Å². The van der Waals surface area contributed by atoms with Crippen molar-refractivity contribution in [2.75, 3.05) is 12.0 Å². The molecule has 2 aromatic rings. The summed E-state index contributed by atoms with van der Waals surface area (Å²) in [5, 5.41) is 9.50. The lowest BCUT2D eigenvalue weighted by Crippen LogP contribution is -2.39. The predicted molar refractivity (Wildman–Crippen MR) is 93.6 cm³/mol. The Morgan fingerprint density at radius 1 is 1.24 bits per heavy atom. The number of carbonyl (C=O) groups is 2. The van der Waals surface area contributed by atoms with Crippen molar-refractivity contribution in [3.05, 3.63) is 58.7 Å². The van der Waals surface area contributed by atoms with Crippen LogP contribution < -0.4 is 9.64 Å². The van der Waals surface area contributed by atoms with Crippen molar-refractivity contribution in [3.63, 3.8) is 0 Å². The largest absolute Gasteiger partial charge is 0.495 e. The van der Waals surface area contributed by atoms with E-state index in [1.54, 1.807) is 18.1 Å². The van der Waals surface area contributed by atoms with Crippen molar-refractivity contribution in [2.45, 2.75) is 31.7 Å². The molecule has 5 heteroatoms. The van der Waals surface area contributed by atoms with Crippen molar-refractivity contribution >= 4 is 17.6 Å². The van der Waals surface area contributed by atoms with Crippen LogP contribution in [-0.4, -0.2) is 24.1 Å². The number of ether oxygens (including phenoxy) is 1. The Labute approximate surface area is 145 Å². The fourth-order valence-electron chi connectivity index (χ4n) is 4.20. The van der Waals surface area contributed by atoms with Crippen molar-refractivity contribution in [2.24, 2.45) is 0 Å². The van der Waals surface area contributed by atoms with E-state index in [9.17, 15) is 14.7 Å². The van der Waals surface area contributed by atoms with Crippen LogP contribution in [0.4, 0.5) is 5.69 Å². The molecular weight excluding hydrogens is 318 g/mol. The number of amides is 1. The molecule has 5 nitrogen and oxygen atoms in total. The van der Waals surface area contributed by atoms with Crippen LogP contribution >= 0.6 is 0 Å². The monoisotopic (exact) mass is 337 g/mol. The summed E-state index contributed by atoms with van der Waals surface area (Å²) in [6.07, 6.45) is 0.731. The summed E-state index contributed by atoms with van der Waals surface area (Å²) in [6, 6.07) is 10.7. The van der Waals surface area contributed by atoms with Crippen LogP contribution in [0, 0.1) is 0 Å². The van der Waals surface area contributed by atoms with Gasteiger partial charge in [-0.3, -0.25) is 9.69 Å². The number of methoxy groups -OCH3 is 1. The van der Waals surface area contributed by atoms with Crippen LogP contribution in [-0.2, 0) is 5.41 Å². The molecule has 25 heavy (non-hydrogen) atoms. The molecule has 0 fully saturated rings. The maximum Gasteiger partial charge on any atom is 0.336 e. The lowest BCUT2D eigenvalue weighted by molar-refractivity contribution is 0.0692. The van der Waals surface area contributed by atoms with Gasteiger partial charge in [0.05, 0.1) is 30.0 Å². The van der Waals surface area contributed by atoms with Crippen molar-refractivity contribution in [1.29, 1.82) is 0 Å². The smallest absolute Gasteiger partial charge is 0.336 e. The molecule has 2 heterocycles. The van der Waals surface area contributed by atoms with E-state index in [1.165, 1.54) is 6.07 Å². The molecular formula is C20H19NO4. The van der Waals surface area contributed by atoms with Gasteiger partial charge < -0.3 is 9.84 Å². The Morgan fingerprint density at radius 3 is 2.64 bits per heavy atom. The highest BCUT2D eigenvalue weighted by Gasteiger charge is 2.48. The van der Waals surface area contributed by atoms with Crippen LogP contribution in [0.3, 0.4) is 0 Å². The number of carboxylic acid groups (broad SMARTS) is 1. The van der Waals surface area contributed by atoms with E-state index in [4.69, 9.17) is 4.74 Å². The number of aromatic carboxylic acids is 1. The zero-order valence-corrected chi connectivity index (χ0v) is 14.4. The number of nitrogens with zero attached hydrogens (tertiary/aromatic N) is 1. The summed E-state index contributed by atoms with van der Waals surface area (Å²) in [7, 11) is 1.59. The predicted octanol–water partition coefficient (Wildman–Crippen LogP) is 3.78. The lowest BCUT2D eigenvalue weighted by atomic mass is 9.74. The quantitative estimate of drug-likeness (QED) is 0.906. The van der Waals surface area contributed by atoms with Gasteiger partial charge in [-0.1, -0.05) is 38.1 Å². The van der Waals surface area contributed by atoms with Crippen LogP contribution in [0.2, 0.25) is 0 Å². The van der Waals surface area contributed by atoms with Crippen LogP contribution in [0.25, 0.3) is 0 Å². The fourth-order valence-corrected chi connectivity index (χ4v) is 4.20. The summed E-state index contributed by atoms with van der Waals surface area (Å²) in [5.74, 6) is -0.711. The highest BCUT2D eigenvalue weighted by Crippen LogP contribution is 2.55. The van der Waals surface area contributed by atoms with Gasteiger partial charge in [0.25, 0.3) is 5.91 Å². The van der Waals surface area contributed by atoms with Crippen LogP contribution in [0.5, 0.6) is 5.75 Å². The van der Waals surface area contributed by atoms with Gasteiger partial charge in [-0.15, -0.1) is 0 Å². The van der Waals surface area contributed by atoms with Crippen molar-refractivity contribution in [1.82, 2.24) is 0 Å². The molecule has 128 valence electrons. The molecule has 0 aromatic heterocycles. The Hall–Kier alpha value is -2.82. The van der Waals surface area contributed by atoms with Gasteiger partial charge in [0, 0.05) is 0 Å². The van der Waals surface area contributed by atoms with Gasteiger partial charge in [0.2, 0.25) is 0 Å². The highest BCUT2D eigenvalue weighted by atomic mass is 16.5. The fraction of sp³-hybridized carbons (Fsp3) is 0.300. The number of para-hydroxylation sites is 1. The Kier molecular flexibility index (Phi) is 3.19. The number of hydrogen-bond acceptors (Lipinski definition) is 3. The van der Waals surface area contributed by atoms with Gasteiger partial charge in [-0.25, -0.2) is 4.79 Å². The molecule has 0 saturated heterocycles. The first-order chi connectivity index (χ1) is 11.9. The molecule has 1 atom stereocenters. The molecule has 0 aliphatic carbocycles. The molecule has 0 radical (unpaired) electrons. The topological polar surface area (TPSA) is 66.8 Å². The van der Waals surface area contributed by atoms with Crippen LogP contribution in [0.15, 0.2) is 36.4 Å². The molecule has 0 saturated carbocycles. The van der Waals surface area contributed by atoms with Crippen molar-refractivity contribution < 1.29 is 19.4 Å². The number of carboxylic acids is 1. The molecule has 2 aromatic carbocycles.